The molecule has 1 atom stereocenters. The molecule has 1 saturated carbocycles. The molecule has 5 rings (SSSR count). The molecule has 0 spiro atoms. The van der Waals surface area contributed by atoms with E-state index < -0.39 is 21.8 Å². The molecule has 38 heavy (non-hydrogen) atoms. The number of halogens is 1. The van der Waals surface area contributed by atoms with Gasteiger partial charge in [0.05, 0.1) is 10.7 Å². The summed E-state index contributed by atoms with van der Waals surface area (Å²) in [7, 11) is -2.25. The number of hydrogen-bond donors (Lipinski definition) is 1. The van der Waals surface area contributed by atoms with Crippen LogP contribution in [0.5, 0.6) is 0 Å². The highest BCUT2D eigenvalue weighted by molar-refractivity contribution is 7.89. The highest BCUT2D eigenvalue weighted by Gasteiger charge is 2.41. The molecule has 0 bridgehead atoms. The molecular formula is C29H29ClN2O5S. The third kappa shape index (κ3) is 4.84. The van der Waals surface area contributed by atoms with E-state index in [1.165, 1.54) is 22.9 Å². The minimum absolute atomic E-state index is 0.00995. The second-order valence-electron chi connectivity index (χ2n) is 9.95. The summed E-state index contributed by atoms with van der Waals surface area (Å²) in [6, 6.07) is 18.8. The van der Waals surface area contributed by atoms with Gasteiger partial charge in [-0.3, -0.25) is 4.79 Å². The van der Waals surface area contributed by atoms with Gasteiger partial charge in [-0.1, -0.05) is 67.3 Å². The molecule has 1 aliphatic carbocycles. The number of carbonyl (C=O) groups excluding carboxylic acids is 1. The van der Waals surface area contributed by atoms with Crippen LogP contribution in [-0.2, 0) is 14.8 Å². The Morgan fingerprint density at radius 2 is 1.66 bits per heavy atom. The van der Waals surface area contributed by atoms with E-state index in [9.17, 15) is 18.0 Å². The molecule has 0 aromatic heterocycles. The van der Waals surface area contributed by atoms with E-state index in [0.717, 1.165) is 31.4 Å². The second-order valence-corrected chi connectivity index (χ2v) is 12.3. The van der Waals surface area contributed by atoms with Crippen LogP contribution in [0.3, 0.4) is 0 Å². The van der Waals surface area contributed by atoms with Gasteiger partial charge in [0.25, 0.3) is 5.78 Å². The highest BCUT2D eigenvalue weighted by Crippen LogP contribution is 2.44. The van der Waals surface area contributed by atoms with E-state index in [4.69, 9.17) is 16.7 Å². The van der Waals surface area contributed by atoms with Crippen LogP contribution in [0, 0.1) is 5.92 Å². The van der Waals surface area contributed by atoms with Crippen LogP contribution in [0.1, 0.15) is 42.5 Å². The Morgan fingerprint density at radius 3 is 2.34 bits per heavy atom. The van der Waals surface area contributed by atoms with Gasteiger partial charge in [0.2, 0.25) is 10.0 Å². The Kier molecular flexibility index (Phi) is 7.31. The first-order valence-corrected chi connectivity index (χ1v) is 14.5. The Labute approximate surface area is 227 Å². The summed E-state index contributed by atoms with van der Waals surface area (Å²) < 4.78 is 29.8. The van der Waals surface area contributed by atoms with Gasteiger partial charge in [-0.05, 0) is 54.7 Å². The van der Waals surface area contributed by atoms with Crippen molar-refractivity contribution in [2.24, 2.45) is 5.92 Å². The van der Waals surface area contributed by atoms with E-state index in [0.29, 0.717) is 28.4 Å². The fourth-order valence-electron chi connectivity index (χ4n) is 5.68. The fraction of sp³-hybridized carbons (Fsp3) is 0.310. The molecule has 1 aliphatic heterocycles. The SMILES string of the molecule is CN1[C@H](C2CCCCC2)CN(c2ccccc2)c2cc(Cl)c(-c3cccc(C(=O)C(=O)O)c3)cc2S1(=O)=O. The third-order valence-corrected chi connectivity index (χ3v) is 9.95. The first-order chi connectivity index (χ1) is 18.2. The number of sulfonamides is 1. The number of ketones is 1. The molecule has 3 aromatic rings. The van der Waals surface area contributed by atoms with Crippen LogP contribution in [0.2, 0.25) is 5.02 Å². The average molecular weight is 553 g/mol. The number of para-hydroxylation sites is 1. The minimum atomic E-state index is -3.91. The van der Waals surface area contributed by atoms with Crippen molar-refractivity contribution in [1.29, 1.82) is 0 Å². The summed E-state index contributed by atoms with van der Waals surface area (Å²) in [6.07, 6.45) is 5.33. The Bertz CT molecular complexity index is 1490. The predicted molar refractivity (Wildman–Crippen MR) is 148 cm³/mol. The number of nitrogens with zero attached hydrogens (tertiary/aromatic N) is 2. The van der Waals surface area contributed by atoms with Crippen LogP contribution in [0.4, 0.5) is 11.4 Å². The lowest BCUT2D eigenvalue weighted by atomic mass is 9.83. The topological polar surface area (TPSA) is 95.0 Å². The molecule has 198 valence electrons. The van der Waals surface area contributed by atoms with Gasteiger partial charge >= 0.3 is 5.97 Å². The smallest absolute Gasteiger partial charge is 0.377 e. The number of anilines is 2. The molecule has 1 heterocycles. The number of aliphatic carboxylic acids is 1. The molecule has 0 radical (unpaired) electrons. The normalized spacial score (nSPS) is 19.9. The van der Waals surface area contributed by atoms with E-state index >= 15 is 0 Å². The van der Waals surface area contributed by atoms with Crippen LogP contribution >= 0.6 is 11.6 Å². The van der Waals surface area contributed by atoms with E-state index in [-0.39, 0.29) is 22.4 Å². The fourth-order valence-corrected chi connectivity index (χ4v) is 7.56. The zero-order valence-corrected chi connectivity index (χ0v) is 22.6. The molecule has 0 saturated heterocycles. The Morgan fingerprint density at radius 1 is 0.947 bits per heavy atom. The summed E-state index contributed by atoms with van der Waals surface area (Å²) >= 11 is 6.77. The predicted octanol–water partition coefficient (Wildman–Crippen LogP) is 6.00. The minimum Gasteiger partial charge on any atom is -0.475 e. The van der Waals surface area contributed by atoms with E-state index in [1.807, 2.05) is 35.2 Å². The van der Waals surface area contributed by atoms with Crippen molar-refractivity contribution < 1.29 is 23.1 Å². The molecule has 1 fully saturated rings. The molecule has 2 aliphatic rings. The van der Waals surface area contributed by atoms with Crippen molar-refractivity contribution in [2.75, 3.05) is 18.5 Å². The average Bonchev–Trinajstić information content (AvgIpc) is 3.01. The number of carboxylic acid groups (broad SMARTS) is 1. The van der Waals surface area contributed by atoms with Crippen LogP contribution < -0.4 is 4.90 Å². The number of benzene rings is 3. The van der Waals surface area contributed by atoms with E-state index in [1.54, 1.807) is 31.3 Å². The van der Waals surface area contributed by atoms with Gasteiger partial charge in [-0.15, -0.1) is 0 Å². The monoisotopic (exact) mass is 552 g/mol. The maximum Gasteiger partial charge on any atom is 0.377 e. The first-order valence-electron chi connectivity index (χ1n) is 12.7. The number of fused-ring (bicyclic) bond motifs is 1. The highest BCUT2D eigenvalue weighted by atomic mass is 35.5. The zero-order chi connectivity index (χ0) is 27.0. The zero-order valence-electron chi connectivity index (χ0n) is 21.0. The van der Waals surface area contributed by atoms with Crippen LogP contribution in [0.25, 0.3) is 11.1 Å². The van der Waals surface area contributed by atoms with Gasteiger partial charge < -0.3 is 10.0 Å². The Hall–Kier alpha value is -3.20. The van der Waals surface area contributed by atoms with Crippen molar-refractivity contribution in [1.82, 2.24) is 4.31 Å². The van der Waals surface area contributed by atoms with Gasteiger partial charge in [-0.25, -0.2) is 13.2 Å². The van der Waals surface area contributed by atoms with Crippen LogP contribution in [0.15, 0.2) is 71.6 Å². The summed E-state index contributed by atoms with van der Waals surface area (Å²) in [6.45, 7) is 0.496. The first kappa shape index (κ1) is 26.4. The molecule has 0 unspecified atom stereocenters. The molecule has 9 heteroatoms. The third-order valence-electron chi connectivity index (χ3n) is 7.72. The maximum absolute atomic E-state index is 14.1. The number of likely N-dealkylation sites (N-methyl/N-ethyl adjacent to an activating group) is 1. The number of Topliss-reactive ketones (excluding diaryl/α,β-unsaturated/α-hetero) is 1. The quantitative estimate of drug-likeness (QED) is 0.308. The largest absolute Gasteiger partial charge is 0.475 e. The number of carbonyl (C=O) groups is 2. The number of carboxylic acids is 1. The van der Waals surface area contributed by atoms with Gasteiger partial charge in [-0.2, -0.15) is 4.31 Å². The van der Waals surface area contributed by atoms with Crippen molar-refractivity contribution in [2.45, 2.75) is 43.0 Å². The van der Waals surface area contributed by atoms with Crippen molar-refractivity contribution in [3.63, 3.8) is 0 Å². The van der Waals surface area contributed by atoms with Gasteiger partial charge in [0.15, 0.2) is 0 Å². The van der Waals surface area contributed by atoms with Gasteiger partial charge in [0.1, 0.15) is 4.90 Å². The number of hydrogen-bond acceptors (Lipinski definition) is 5. The lowest BCUT2D eigenvalue weighted by molar-refractivity contribution is -0.131. The van der Waals surface area contributed by atoms with E-state index in [2.05, 4.69) is 0 Å². The molecule has 0 amide bonds. The van der Waals surface area contributed by atoms with Crippen molar-refractivity contribution >= 4 is 44.8 Å². The summed E-state index contributed by atoms with van der Waals surface area (Å²) in [4.78, 5) is 25.5. The summed E-state index contributed by atoms with van der Waals surface area (Å²) in [5, 5.41) is 9.45. The number of rotatable bonds is 5. The molecule has 7 nitrogen and oxygen atoms in total. The Balaban J connectivity index is 1.69. The molecular weight excluding hydrogens is 524 g/mol. The van der Waals surface area contributed by atoms with Crippen LogP contribution in [-0.4, -0.2) is 49.2 Å². The summed E-state index contributed by atoms with van der Waals surface area (Å²) in [5.41, 5.74) is 2.23. The molecule has 1 N–H and O–H groups in total. The molecule has 3 aromatic carbocycles. The maximum atomic E-state index is 14.1. The van der Waals surface area contributed by atoms with Crippen molar-refractivity contribution in [3.05, 3.63) is 77.3 Å². The van der Waals surface area contributed by atoms with Gasteiger partial charge in [0, 0.05) is 36.4 Å². The summed E-state index contributed by atoms with van der Waals surface area (Å²) in [5.74, 6) is -2.36. The van der Waals surface area contributed by atoms with Crippen molar-refractivity contribution in [3.8, 4) is 11.1 Å². The lowest BCUT2D eigenvalue weighted by Gasteiger charge is -2.36. The second kappa shape index (κ2) is 10.5. The lowest BCUT2D eigenvalue weighted by Crippen LogP contribution is -2.46. The standard InChI is InChI=1S/C29H29ClN2O5S/c1-31-26(19-9-4-2-5-10-19)18-32(22-13-6-3-7-14-22)25-17-24(30)23(16-27(25)38(31,36)37)20-11-8-12-21(15-20)28(33)29(34)35/h3,6-8,11-17,19,26H,2,4-5,9-10,18H2,1H3,(H,34,35)/t26-/m0/s1.